The Morgan fingerprint density at radius 2 is 1.00 bits per heavy atom. The van der Waals surface area contributed by atoms with Gasteiger partial charge in [0, 0.05) is 0 Å². The lowest BCUT2D eigenvalue weighted by molar-refractivity contribution is 0.667. The molecule has 0 bridgehead atoms. The molecular formula is C20H28Br4S2. The van der Waals surface area contributed by atoms with Crippen molar-refractivity contribution in [1.29, 1.82) is 0 Å². The van der Waals surface area contributed by atoms with Gasteiger partial charge in [-0.1, -0.05) is 52.4 Å². The van der Waals surface area contributed by atoms with Crippen molar-refractivity contribution in [3.05, 3.63) is 38.4 Å². The highest BCUT2D eigenvalue weighted by atomic mass is 79.9. The van der Waals surface area contributed by atoms with Gasteiger partial charge >= 0.3 is 0 Å². The summed E-state index contributed by atoms with van der Waals surface area (Å²) in [6, 6.07) is 4.45. The highest BCUT2D eigenvalue weighted by Crippen LogP contribution is 2.33. The van der Waals surface area contributed by atoms with E-state index in [1.54, 1.807) is 22.7 Å². The van der Waals surface area contributed by atoms with Crippen LogP contribution in [0.1, 0.15) is 76.3 Å². The third-order valence-corrected chi connectivity index (χ3v) is 8.98. The molecule has 0 N–H and O–H groups in total. The van der Waals surface area contributed by atoms with Crippen LogP contribution in [0.4, 0.5) is 0 Å². The number of thiophene rings is 2. The molecule has 148 valence electrons. The van der Waals surface area contributed by atoms with Gasteiger partial charge in [-0.3, -0.25) is 0 Å². The lowest BCUT2D eigenvalue weighted by atomic mass is 10.1. The average Bonchev–Trinajstić information content (AvgIpc) is 3.09. The Morgan fingerprint density at radius 1 is 0.615 bits per heavy atom. The molecule has 0 aliphatic carbocycles. The molecule has 0 radical (unpaired) electrons. The largest absolute Gasteiger partial charge is 0.121 e. The predicted octanol–water partition coefficient (Wildman–Crippen LogP) is 10.8. The van der Waals surface area contributed by atoms with Gasteiger partial charge in [0.25, 0.3) is 0 Å². The van der Waals surface area contributed by atoms with Crippen molar-refractivity contribution < 1.29 is 0 Å². The van der Waals surface area contributed by atoms with E-state index in [-0.39, 0.29) is 0 Å². The fraction of sp³-hybridized carbons (Fsp3) is 0.600. The molecule has 2 aromatic rings. The Bertz CT molecular complexity index is 565. The Kier molecular flexibility index (Phi) is 14.8. The molecule has 0 saturated carbocycles. The molecule has 0 aromatic carbocycles. The van der Waals surface area contributed by atoms with Crippen LogP contribution in [0.3, 0.4) is 0 Å². The summed E-state index contributed by atoms with van der Waals surface area (Å²) >= 11 is 17.7. The van der Waals surface area contributed by atoms with E-state index in [1.807, 2.05) is 0 Å². The quantitative estimate of drug-likeness (QED) is 0.224. The molecule has 6 heteroatoms. The normalized spacial score (nSPS) is 10.7. The van der Waals surface area contributed by atoms with E-state index in [2.05, 4.69) is 89.7 Å². The predicted molar refractivity (Wildman–Crippen MR) is 135 cm³/mol. The number of hydrogen-bond donors (Lipinski definition) is 0. The summed E-state index contributed by atoms with van der Waals surface area (Å²) < 4.78 is 5.03. The molecule has 0 atom stereocenters. The van der Waals surface area contributed by atoms with Crippen LogP contribution >= 0.6 is 86.4 Å². The molecule has 0 spiro atoms. The molecule has 0 fully saturated rings. The first-order chi connectivity index (χ1) is 12.5. The van der Waals surface area contributed by atoms with Crippen LogP contribution in [0.25, 0.3) is 0 Å². The van der Waals surface area contributed by atoms with Gasteiger partial charge in [-0.15, -0.1) is 22.7 Å². The maximum Gasteiger partial charge on any atom is 0.0742 e. The highest BCUT2D eigenvalue weighted by molar-refractivity contribution is 9.12. The minimum absolute atomic E-state index is 1.21. The Labute approximate surface area is 201 Å². The van der Waals surface area contributed by atoms with Gasteiger partial charge in [-0.2, -0.15) is 0 Å². The standard InChI is InChI=1S/2C10H14Br2S/c2*1-2-3-4-5-6-8-7-9(11)13-10(8)12/h2*7H,2-6H2,1H3. The van der Waals surface area contributed by atoms with Crippen LogP contribution in [-0.2, 0) is 12.8 Å². The maximum absolute atomic E-state index is 3.57. The topological polar surface area (TPSA) is 0 Å². The second-order valence-electron chi connectivity index (χ2n) is 6.32. The number of unbranched alkanes of at least 4 members (excludes halogenated alkanes) is 6. The van der Waals surface area contributed by atoms with Crippen LogP contribution in [0.5, 0.6) is 0 Å². The summed E-state index contributed by atoms with van der Waals surface area (Å²) in [4.78, 5) is 0. The van der Waals surface area contributed by atoms with Gasteiger partial charge < -0.3 is 0 Å². The number of aryl methyl sites for hydroxylation is 2. The van der Waals surface area contributed by atoms with Gasteiger partial charge in [0.05, 0.1) is 15.1 Å². The first-order valence-corrected chi connectivity index (χ1v) is 14.2. The first kappa shape index (κ1) is 25.4. The molecule has 0 nitrogen and oxygen atoms in total. The summed E-state index contributed by atoms with van der Waals surface area (Å²) in [7, 11) is 0. The smallest absolute Gasteiger partial charge is 0.0742 e. The minimum atomic E-state index is 1.21. The van der Waals surface area contributed by atoms with Gasteiger partial charge in [0.15, 0.2) is 0 Å². The van der Waals surface area contributed by atoms with Crippen molar-refractivity contribution >= 4 is 86.4 Å². The summed E-state index contributed by atoms with van der Waals surface area (Å²) in [5, 5.41) is 0. The van der Waals surface area contributed by atoms with E-state index in [0.29, 0.717) is 0 Å². The maximum atomic E-state index is 3.57. The van der Waals surface area contributed by atoms with Crippen molar-refractivity contribution in [1.82, 2.24) is 0 Å². The second kappa shape index (κ2) is 15.2. The SMILES string of the molecule is CCCCCCc1cc(Br)sc1Br.CCCCCCc1cc(Br)sc1Br. The molecule has 0 amide bonds. The van der Waals surface area contributed by atoms with Crippen LogP contribution in [-0.4, -0.2) is 0 Å². The van der Waals surface area contributed by atoms with Crippen LogP contribution in [0.2, 0.25) is 0 Å². The summed E-state index contributed by atoms with van der Waals surface area (Å²) in [6.07, 6.45) is 13.1. The van der Waals surface area contributed by atoms with Gasteiger partial charge in [-0.25, -0.2) is 0 Å². The number of rotatable bonds is 10. The van der Waals surface area contributed by atoms with Crippen LogP contribution in [0.15, 0.2) is 27.3 Å². The molecule has 2 heterocycles. The van der Waals surface area contributed by atoms with E-state index in [0.717, 1.165) is 0 Å². The number of halogens is 4. The van der Waals surface area contributed by atoms with Gasteiger partial charge in [-0.05, 0) is 113 Å². The molecular weight excluding hydrogens is 624 g/mol. The van der Waals surface area contributed by atoms with Crippen molar-refractivity contribution in [2.75, 3.05) is 0 Å². The zero-order chi connectivity index (χ0) is 19.4. The minimum Gasteiger partial charge on any atom is -0.121 e. The van der Waals surface area contributed by atoms with Crippen LogP contribution < -0.4 is 0 Å². The van der Waals surface area contributed by atoms with Gasteiger partial charge in [0.1, 0.15) is 0 Å². The van der Waals surface area contributed by atoms with E-state index < -0.39 is 0 Å². The van der Waals surface area contributed by atoms with Crippen molar-refractivity contribution in [2.45, 2.75) is 78.1 Å². The molecule has 0 saturated heterocycles. The third-order valence-electron chi connectivity index (χ3n) is 4.05. The Morgan fingerprint density at radius 3 is 1.27 bits per heavy atom. The van der Waals surface area contributed by atoms with Crippen LogP contribution in [0, 0.1) is 0 Å². The third kappa shape index (κ3) is 10.8. The Hall–Kier alpha value is 1.32. The average molecular weight is 652 g/mol. The molecule has 0 unspecified atom stereocenters. The highest BCUT2D eigenvalue weighted by Gasteiger charge is 2.04. The van der Waals surface area contributed by atoms with Crippen molar-refractivity contribution in [3.63, 3.8) is 0 Å². The first-order valence-electron chi connectivity index (χ1n) is 9.35. The zero-order valence-corrected chi connectivity index (χ0v) is 23.5. The lowest BCUT2D eigenvalue weighted by Crippen LogP contribution is -1.83. The van der Waals surface area contributed by atoms with Gasteiger partial charge in [0.2, 0.25) is 0 Å². The molecule has 2 rings (SSSR count). The summed E-state index contributed by atoms with van der Waals surface area (Å²) in [5.74, 6) is 0. The molecule has 2 aromatic heterocycles. The zero-order valence-electron chi connectivity index (χ0n) is 15.6. The fourth-order valence-electron chi connectivity index (χ4n) is 2.57. The second-order valence-corrected chi connectivity index (χ2v) is 13.8. The van der Waals surface area contributed by atoms with Crippen molar-refractivity contribution in [2.24, 2.45) is 0 Å². The van der Waals surface area contributed by atoms with Crippen molar-refractivity contribution in [3.8, 4) is 0 Å². The summed E-state index contributed by atoms with van der Waals surface area (Å²) in [6.45, 7) is 4.49. The Balaban J connectivity index is 0.000000260. The van der Waals surface area contributed by atoms with E-state index in [4.69, 9.17) is 0 Å². The van der Waals surface area contributed by atoms with E-state index in [9.17, 15) is 0 Å². The number of hydrogen-bond acceptors (Lipinski definition) is 2. The molecule has 0 aliphatic rings. The fourth-order valence-corrected chi connectivity index (χ4v) is 8.40. The molecule has 26 heavy (non-hydrogen) atoms. The van der Waals surface area contributed by atoms with E-state index >= 15 is 0 Å². The van der Waals surface area contributed by atoms with E-state index in [1.165, 1.54) is 90.5 Å². The summed E-state index contributed by atoms with van der Waals surface area (Å²) in [5.41, 5.74) is 2.90. The lowest BCUT2D eigenvalue weighted by Gasteiger charge is -1.98. The monoisotopic (exact) mass is 648 g/mol. The molecule has 0 aliphatic heterocycles.